The average molecular weight is 313 g/mol. The predicted molar refractivity (Wildman–Crippen MR) is 87.7 cm³/mol. The maximum Gasteiger partial charge on any atom is 0.259 e. The van der Waals surface area contributed by atoms with Crippen LogP contribution in [0.15, 0.2) is 54.6 Å². The topological polar surface area (TPSA) is 40.5 Å². The molecule has 2 aromatic carbocycles. The van der Waals surface area contributed by atoms with Gasteiger partial charge in [0.1, 0.15) is 11.4 Å². The van der Waals surface area contributed by atoms with Gasteiger partial charge in [0, 0.05) is 18.7 Å². The van der Waals surface area contributed by atoms with Crippen LogP contribution in [-0.2, 0) is 11.2 Å². The maximum atomic E-state index is 12.9. The van der Waals surface area contributed by atoms with Gasteiger partial charge in [0.2, 0.25) is 0 Å². The number of rotatable bonds is 5. The lowest BCUT2D eigenvalue weighted by atomic mass is 9.93. The summed E-state index contributed by atoms with van der Waals surface area (Å²) in [5, 5.41) is 10.7. The van der Waals surface area contributed by atoms with E-state index in [1.807, 2.05) is 30.3 Å². The summed E-state index contributed by atoms with van der Waals surface area (Å²) in [5.74, 6) is -0.473. The van der Waals surface area contributed by atoms with Crippen LogP contribution >= 0.6 is 0 Å². The zero-order valence-corrected chi connectivity index (χ0v) is 12.9. The van der Waals surface area contributed by atoms with Crippen LogP contribution in [-0.4, -0.2) is 23.2 Å². The molecular weight excluding hydrogens is 293 g/mol. The van der Waals surface area contributed by atoms with Crippen molar-refractivity contribution in [1.29, 1.82) is 0 Å². The minimum atomic E-state index is -1.28. The Morgan fingerprint density at radius 1 is 1.09 bits per heavy atom. The fourth-order valence-corrected chi connectivity index (χ4v) is 3.08. The van der Waals surface area contributed by atoms with E-state index in [4.69, 9.17) is 0 Å². The monoisotopic (exact) mass is 313 g/mol. The van der Waals surface area contributed by atoms with E-state index in [1.54, 1.807) is 17.0 Å². The van der Waals surface area contributed by atoms with Crippen LogP contribution in [0.3, 0.4) is 0 Å². The minimum absolute atomic E-state index is 0.220. The van der Waals surface area contributed by atoms with E-state index < -0.39 is 5.60 Å². The summed E-state index contributed by atoms with van der Waals surface area (Å²) in [6.45, 7) is 0.538. The first kappa shape index (κ1) is 15.7. The Balaban J connectivity index is 1.59. The van der Waals surface area contributed by atoms with Crippen LogP contribution in [0.25, 0.3) is 0 Å². The molecular formula is C19H20FNO2. The fourth-order valence-electron chi connectivity index (χ4n) is 3.08. The Bertz CT molecular complexity index is 672. The first-order chi connectivity index (χ1) is 11.1. The summed E-state index contributed by atoms with van der Waals surface area (Å²) in [4.78, 5) is 14.2. The van der Waals surface area contributed by atoms with Crippen LogP contribution in [0.4, 0.5) is 10.1 Å². The van der Waals surface area contributed by atoms with Crippen molar-refractivity contribution in [3.63, 3.8) is 0 Å². The molecule has 3 rings (SSSR count). The van der Waals surface area contributed by atoms with Gasteiger partial charge in [0.15, 0.2) is 0 Å². The van der Waals surface area contributed by atoms with E-state index in [1.165, 1.54) is 12.1 Å². The largest absolute Gasteiger partial charge is 0.380 e. The summed E-state index contributed by atoms with van der Waals surface area (Å²) in [6, 6.07) is 15.8. The summed E-state index contributed by atoms with van der Waals surface area (Å²) >= 11 is 0. The average Bonchev–Trinajstić information content (AvgIpc) is 2.86. The molecule has 0 saturated carbocycles. The highest BCUT2D eigenvalue weighted by molar-refractivity contribution is 6.01. The predicted octanol–water partition coefficient (Wildman–Crippen LogP) is 3.32. The second kappa shape index (κ2) is 6.50. The lowest BCUT2D eigenvalue weighted by Gasteiger charge is -2.22. The SMILES string of the molecule is O=C1N(c2ccccc2)CCC1(O)CCCc1ccc(F)cc1. The molecule has 1 fully saturated rings. The molecule has 2 aromatic rings. The van der Waals surface area contributed by atoms with E-state index in [2.05, 4.69) is 0 Å². The van der Waals surface area contributed by atoms with Gasteiger partial charge in [-0.15, -0.1) is 0 Å². The van der Waals surface area contributed by atoms with Crippen LogP contribution in [0, 0.1) is 5.82 Å². The van der Waals surface area contributed by atoms with E-state index in [0.29, 0.717) is 25.8 Å². The third kappa shape index (κ3) is 3.42. The number of benzene rings is 2. The Morgan fingerprint density at radius 3 is 2.48 bits per heavy atom. The molecule has 0 aromatic heterocycles. The number of halogens is 1. The Kier molecular flexibility index (Phi) is 4.44. The van der Waals surface area contributed by atoms with E-state index >= 15 is 0 Å². The zero-order valence-electron chi connectivity index (χ0n) is 12.9. The second-order valence-electron chi connectivity index (χ2n) is 6.05. The quantitative estimate of drug-likeness (QED) is 0.920. The smallest absolute Gasteiger partial charge is 0.259 e. The van der Waals surface area contributed by atoms with Crippen LogP contribution < -0.4 is 4.90 Å². The highest BCUT2D eigenvalue weighted by Gasteiger charge is 2.44. The number of anilines is 1. The lowest BCUT2D eigenvalue weighted by Crippen LogP contribution is -2.40. The van der Waals surface area contributed by atoms with Crippen molar-refractivity contribution in [2.45, 2.75) is 31.3 Å². The fraction of sp³-hybridized carbons (Fsp3) is 0.316. The van der Waals surface area contributed by atoms with Crippen molar-refractivity contribution >= 4 is 11.6 Å². The van der Waals surface area contributed by atoms with Crippen molar-refractivity contribution in [2.24, 2.45) is 0 Å². The van der Waals surface area contributed by atoms with Gasteiger partial charge in [-0.05, 0) is 49.1 Å². The second-order valence-corrected chi connectivity index (χ2v) is 6.05. The molecule has 1 unspecified atom stereocenters. The van der Waals surface area contributed by atoms with Crippen molar-refractivity contribution in [2.75, 3.05) is 11.4 Å². The number of amides is 1. The van der Waals surface area contributed by atoms with Gasteiger partial charge in [-0.25, -0.2) is 4.39 Å². The molecule has 0 bridgehead atoms. The van der Waals surface area contributed by atoms with Gasteiger partial charge < -0.3 is 10.0 Å². The molecule has 1 aliphatic heterocycles. The minimum Gasteiger partial charge on any atom is -0.380 e. The van der Waals surface area contributed by atoms with E-state index in [-0.39, 0.29) is 11.7 Å². The van der Waals surface area contributed by atoms with Crippen LogP contribution in [0.5, 0.6) is 0 Å². The van der Waals surface area contributed by atoms with Gasteiger partial charge in [-0.2, -0.15) is 0 Å². The molecule has 0 spiro atoms. The highest BCUT2D eigenvalue weighted by Crippen LogP contribution is 2.31. The Morgan fingerprint density at radius 2 is 1.78 bits per heavy atom. The number of carbonyl (C=O) groups excluding carboxylic acids is 1. The molecule has 23 heavy (non-hydrogen) atoms. The zero-order chi connectivity index (χ0) is 16.3. The van der Waals surface area contributed by atoms with Crippen molar-refractivity contribution in [3.8, 4) is 0 Å². The van der Waals surface area contributed by atoms with Crippen molar-refractivity contribution < 1.29 is 14.3 Å². The molecule has 1 aliphatic rings. The molecule has 0 aliphatic carbocycles. The molecule has 1 amide bonds. The summed E-state index contributed by atoms with van der Waals surface area (Å²) in [6.07, 6.45) is 2.29. The molecule has 3 nitrogen and oxygen atoms in total. The Labute approximate surface area is 135 Å². The molecule has 120 valence electrons. The summed E-state index contributed by atoms with van der Waals surface area (Å²) in [5.41, 5.74) is 0.558. The van der Waals surface area contributed by atoms with E-state index in [0.717, 1.165) is 17.7 Å². The van der Waals surface area contributed by atoms with Gasteiger partial charge >= 0.3 is 0 Å². The number of hydrogen-bond donors (Lipinski definition) is 1. The first-order valence-corrected chi connectivity index (χ1v) is 7.92. The number of aryl methyl sites for hydroxylation is 1. The third-order valence-electron chi connectivity index (χ3n) is 4.43. The molecule has 4 heteroatoms. The summed E-state index contributed by atoms with van der Waals surface area (Å²) in [7, 11) is 0. The van der Waals surface area contributed by atoms with Crippen LogP contribution in [0.2, 0.25) is 0 Å². The van der Waals surface area contributed by atoms with Gasteiger partial charge in [-0.1, -0.05) is 30.3 Å². The van der Waals surface area contributed by atoms with Crippen molar-refractivity contribution in [3.05, 3.63) is 66.0 Å². The number of aliphatic hydroxyl groups is 1. The highest BCUT2D eigenvalue weighted by atomic mass is 19.1. The normalized spacial score (nSPS) is 21.0. The third-order valence-corrected chi connectivity index (χ3v) is 4.43. The van der Waals surface area contributed by atoms with E-state index in [9.17, 15) is 14.3 Å². The molecule has 1 atom stereocenters. The maximum absolute atomic E-state index is 12.9. The van der Waals surface area contributed by atoms with Gasteiger partial charge in [-0.3, -0.25) is 4.79 Å². The molecule has 1 heterocycles. The molecule has 0 radical (unpaired) electrons. The number of nitrogens with zero attached hydrogens (tertiary/aromatic N) is 1. The number of carbonyl (C=O) groups is 1. The first-order valence-electron chi connectivity index (χ1n) is 7.92. The van der Waals surface area contributed by atoms with Gasteiger partial charge in [0.25, 0.3) is 5.91 Å². The van der Waals surface area contributed by atoms with Crippen molar-refractivity contribution in [1.82, 2.24) is 0 Å². The standard InChI is InChI=1S/C19H20FNO2/c20-16-10-8-15(9-11-16)5-4-12-19(23)13-14-21(18(19)22)17-6-2-1-3-7-17/h1-3,6-11,23H,4-5,12-14H2. The molecule has 1 N–H and O–H groups in total. The number of hydrogen-bond acceptors (Lipinski definition) is 2. The Hall–Kier alpha value is -2.20. The van der Waals surface area contributed by atoms with Crippen LogP contribution in [0.1, 0.15) is 24.8 Å². The van der Waals surface area contributed by atoms with Gasteiger partial charge in [0.05, 0.1) is 0 Å². The number of para-hydroxylation sites is 1. The molecule has 1 saturated heterocycles. The lowest BCUT2D eigenvalue weighted by molar-refractivity contribution is -0.133. The summed E-state index contributed by atoms with van der Waals surface area (Å²) < 4.78 is 12.9.